The van der Waals surface area contributed by atoms with E-state index in [2.05, 4.69) is 5.32 Å². The number of likely N-dealkylation sites (N-methyl/N-ethyl adjacent to an activating group) is 1. The van der Waals surface area contributed by atoms with Gasteiger partial charge in [0.05, 0.1) is 0 Å². The van der Waals surface area contributed by atoms with Crippen LogP contribution in [0.3, 0.4) is 0 Å². The fourth-order valence-electron chi connectivity index (χ4n) is 1.97. The number of benzene rings is 1. The van der Waals surface area contributed by atoms with Gasteiger partial charge >= 0.3 is 5.97 Å². The van der Waals surface area contributed by atoms with Crippen LogP contribution in [0.5, 0.6) is 0 Å². The summed E-state index contributed by atoms with van der Waals surface area (Å²) in [6.07, 6.45) is 0.963. The first kappa shape index (κ1) is 12.4. The fraction of sp³-hybridized carbons (Fsp3) is 0.385. The Morgan fingerprint density at radius 3 is 2.83 bits per heavy atom. The Labute approximate surface area is 105 Å². The summed E-state index contributed by atoms with van der Waals surface area (Å²) in [5, 5.41) is 12.1. The molecule has 5 nitrogen and oxygen atoms in total. The summed E-state index contributed by atoms with van der Waals surface area (Å²) >= 11 is 0. The SMILES string of the molecule is CC(C(=O)O)N(C)C(=O)c1ccc2c(c1)NCC2. The maximum atomic E-state index is 12.1. The third-order valence-corrected chi connectivity index (χ3v) is 3.33. The molecule has 1 heterocycles. The molecule has 0 bridgehead atoms. The molecule has 1 aliphatic rings. The lowest BCUT2D eigenvalue weighted by Crippen LogP contribution is -2.40. The van der Waals surface area contributed by atoms with Crippen molar-refractivity contribution >= 4 is 17.6 Å². The molecule has 1 unspecified atom stereocenters. The number of carboxylic acids is 1. The van der Waals surface area contributed by atoms with Crippen molar-refractivity contribution in [2.45, 2.75) is 19.4 Å². The van der Waals surface area contributed by atoms with Gasteiger partial charge in [-0.05, 0) is 31.0 Å². The van der Waals surface area contributed by atoms with Gasteiger partial charge in [0.1, 0.15) is 6.04 Å². The van der Waals surface area contributed by atoms with Gasteiger partial charge in [-0.15, -0.1) is 0 Å². The van der Waals surface area contributed by atoms with E-state index in [-0.39, 0.29) is 5.91 Å². The van der Waals surface area contributed by atoms with Crippen molar-refractivity contribution in [3.05, 3.63) is 29.3 Å². The van der Waals surface area contributed by atoms with Gasteiger partial charge in [0.2, 0.25) is 0 Å². The third kappa shape index (κ3) is 2.16. The fourth-order valence-corrected chi connectivity index (χ4v) is 1.97. The van der Waals surface area contributed by atoms with Crippen LogP contribution in [0.15, 0.2) is 18.2 Å². The number of aliphatic carboxylic acids is 1. The zero-order valence-corrected chi connectivity index (χ0v) is 10.4. The summed E-state index contributed by atoms with van der Waals surface area (Å²) in [5.74, 6) is -1.29. The van der Waals surface area contributed by atoms with Crippen molar-refractivity contribution < 1.29 is 14.7 Å². The number of anilines is 1. The van der Waals surface area contributed by atoms with Crippen molar-refractivity contribution in [2.75, 3.05) is 18.9 Å². The van der Waals surface area contributed by atoms with E-state index in [0.29, 0.717) is 5.56 Å². The summed E-state index contributed by atoms with van der Waals surface area (Å²) in [7, 11) is 1.50. The minimum absolute atomic E-state index is 0.276. The highest BCUT2D eigenvalue weighted by atomic mass is 16.4. The Hall–Kier alpha value is -2.04. The zero-order valence-electron chi connectivity index (χ0n) is 10.4. The average molecular weight is 248 g/mol. The van der Waals surface area contributed by atoms with Gasteiger partial charge in [0.25, 0.3) is 5.91 Å². The molecule has 1 aromatic rings. The number of carbonyl (C=O) groups excluding carboxylic acids is 1. The summed E-state index contributed by atoms with van der Waals surface area (Å²) < 4.78 is 0. The van der Waals surface area contributed by atoms with Crippen molar-refractivity contribution in [3.63, 3.8) is 0 Å². The Morgan fingerprint density at radius 1 is 1.44 bits per heavy atom. The number of fused-ring (bicyclic) bond motifs is 1. The van der Waals surface area contributed by atoms with E-state index in [0.717, 1.165) is 18.7 Å². The molecule has 1 aliphatic heterocycles. The quantitative estimate of drug-likeness (QED) is 0.843. The lowest BCUT2D eigenvalue weighted by molar-refractivity contribution is -0.141. The van der Waals surface area contributed by atoms with Gasteiger partial charge in [0.15, 0.2) is 0 Å². The van der Waals surface area contributed by atoms with Crippen LogP contribution >= 0.6 is 0 Å². The Bertz CT molecular complexity index is 499. The molecule has 0 fully saturated rings. The van der Waals surface area contributed by atoms with E-state index < -0.39 is 12.0 Å². The largest absolute Gasteiger partial charge is 0.480 e. The van der Waals surface area contributed by atoms with E-state index in [4.69, 9.17) is 5.11 Å². The van der Waals surface area contributed by atoms with E-state index in [1.807, 2.05) is 6.07 Å². The number of hydrogen-bond donors (Lipinski definition) is 2. The summed E-state index contributed by atoms with van der Waals surface area (Å²) in [4.78, 5) is 24.2. The molecule has 0 aliphatic carbocycles. The number of carboxylic acid groups (broad SMARTS) is 1. The molecular formula is C13H16N2O3. The lowest BCUT2D eigenvalue weighted by Gasteiger charge is -2.21. The highest BCUT2D eigenvalue weighted by Crippen LogP contribution is 2.23. The molecule has 1 aromatic carbocycles. The van der Waals surface area contributed by atoms with Gasteiger partial charge in [-0.3, -0.25) is 4.79 Å². The first-order chi connectivity index (χ1) is 8.50. The Kier molecular flexibility index (Phi) is 3.23. The second-order valence-electron chi connectivity index (χ2n) is 4.48. The van der Waals surface area contributed by atoms with Crippen LogP contribution in [0.25, 0.3) is 0 Å². The molecule has 0 aromatic heterocycles. The molecule has 0 saturated heterocycles. The standard InChI is InChI=1S/C13H16N2O3/c1-8(13(17)18)15(2)12(16)10-4-3-9-5-6-14-11(9)7-10/h3-4,7-8,14H,5-6H2,1-2H3,(H,17,18). The molecule has 96 valence electrons. The van der Waals surface area contributed by atoms with E-state index >= 15 is 0 Å². The molecule has 2 rings (SSSR count). The predicted molar refractivity (Wildman–Crippen MR) is 67.8 cm³/mol. The van der Waals surface area contributed by atoms with Crippen LogP contribution in [0.1, 0.15) is 22.8 Å². The molecule has 0 spiro atoms. The van der Waals surface area contributed by atoms with Crippen LogP contribution in [-0.2, 0) is 11.2 Å². The zero-order chi connectivity index (χ0) is 13.3. The van der Waals surface area contributed by atoms with Crippen LogP contribution in [0.4, 0.5) is 5.69 Å². The maximum absolute atomic E-state index is 12.1. The van der Waals surface area contributed by atoms with Gasteiger partial charge in [-0.2, -0.15) is 0 Å². The molecule has 1 amide bonds. The third-order valence-electron chi connectivity index (χ3n) is 3.33. The number of nitrogens with zero attached hydrogens (tertiary/aromatic N) is 1. The number of nitrogens with one attached hydrogen (secondary N) is 1. The van der Waals surface area contributed by atoms with E-state index in [1.165, 1.54) is 24.4 Å². The Balaban J connectivity index is 2.21. The summed E-state index contributed by atoms with van der Waals surface area (Å²) in [5.41, 5.74) is 2.68. The lowest BCUT2D eigenvalue weighted by atomic mass is 10.1. The van der Waals surface area contributed by atoms with Crippen molar-refractivity contribution in [1.82, 2.24) is 4.90 Å². The van der Waals surface area contributed by atoms with Crippen molar-refractivity contribution in [2.24, 2.45) is 0 Å². The first-order valence-electron chi connectivity index (χ1n) is 5.87. The second kappa shape index (κ2) is 4.68. The van der Waals surface area contributed by atoms with E-state index in [9.17, 15) is 9.59 Å². The number of amides is 1. The van der Waals surface area contributed by atoms with Crippen LogP contribution in [0, 0.1) is 0 Å². The minimum atomic E-state index is -1.01. The van der Waals surface area contributed by atoms with Crippen LogP contribution in [-0.4, -0.2) is 41.5 Å². The van der Waals surface area contributed by atoms with Crippen LogP contribution < -0.4 is 5.32 Å². The van der Waals surface area contributed by atoms with Gasteiger partial charge in [0, 0.05) is 24.8 Å². The summed E-state index contributed by atoms with van der Waals surface area (Å²) in [6, 6.07) is 4.62. The highest BCUT2D eigenvalue weighted by Gasteiger charge is 2.23. The minimum Gasteiger partial charge on any atom is -0.480 e. The number of hydrogen-bond acceptors (Lipinski definition) is 3. The van der Waals surface area contributed by atoms with Gasteiger partial charge in [-0.1, -0.05) is 6.07 Å². The molecule has 2 N–H and O–H groups in total. The first-order valence-corrected chi connectivity index (χ1v) is 5.87. The van der Waals surface area contributed by atoms with Gasteiger partial charge in [-0.25, -0.2) is 4.79 Å². The topological polar surface area (TPSA) is 69.6 Å². The van der Waals surface area contributed by atoms with Crippen molar-refractivity contribution in [3.8, 4) is 0 Å². The highest BCUT2D eigenvalue weighted by molar-refractivity contribution is 5.97. The monoisotopic (exact) mass is 248 g/mol. The predicted octanol–water partition coefficient (Wildman–Crippen LogP) is 1.20. The van der Waals surface area contributed by atoms with Crippen molar-refractivity contribution in [1.29, 1.82) is 0 Å². The average Bonchev–Trinajstić information content (AvgIpc) is 2.82. The van der Waals surface area contributed by atoms with Gasteiger partial charge < -0.3 is 15.3 Å². The Morgan fingerprint density at radius 2 is 2.17 bits per heavy atom. The molecule has 0 radical (unpaired) electrons. The smallest absolute Gasteiger partial charge is 0.326 e. The molecule has 1 atom stereocenters. The van der Waals surface area contributed by atoms with Crippen LogP contribution in [0.2, 0.25) is 0 Å². The summed E-state index contributed by atoms with van der Waals surface area (Å²) in [6.45, 7) is 2.38. The molecule has 0 saturated carbocycles. The molecule has 5 heteroatoms. The molecular weight excluding hydrogens is 232 g/mol. The number of carbonyl (C=O) groups is 2. The second-order valence-corrected chi connectivity index (χ2v) is 4.48. The molecule has 18 heavy (non-hydrogen) atoms. The number of rotatable bonds is 3. The van der Waals surface area contributed by atoms with E-state index in [1.54, 1.807) is 12.1 Å². The normalized spacial score (nSPS) is 14.6. The maximum Gasteiger partial charge on any atom is 0.326 e.